The summed E-state index contributed by atoms with van der Waals surface area (Å²) in [7, 11) is 0. The van der Waals surface area contributed by atoms with Crippen LogP contribution in [0.5, 0.6) is 0 Å². The van der Waals surface area contributed by atoms with Crippen molar-refractivity contribution in [2.24, 2.45) is 17.3 Å². The van der Waals surface area contributed by atoms with E-state index in [2.05, 4.69) is 47.4 Å². The highest BCUT2D eigenvalue weighted by Gasteiger charge is 2.49. The number of fused-ring (bicyclic) bond motifs is 1. The summed E-state index contributed by atoms with van der Waals surface area (Å²) in [6, 6.07) is 5.33. The number of nitrogens with zero attached hydrogens (tertiary/aromatic N) is 4. The van der Waals surface area contributed by atoms with E-state index in [0.717, 1.165) is 5.92 Å². The SMILES string of the molecule is CC.CC(C)C.C[C@H]1[C@@H](C(=O)NC(C#N)c2cncc3cccc(Cl)c23)N(C(=O)CNc2csc(C(F)(F)F)n2)CC1(C)C. The quantitative estimate of drug-likeness (QED) is 0.282. The van der Waals surface area contributed by atoms with Gasteiger partial charge in [0.15, 0.2) is 5.01 Å². The third-order valence-corrected chi connectivity index (χ3v) is 8.07. The number of alkyl halides is 3. The number of hydrogen-bond donors (Lipinski definition) is 2. The van der Waals surface area contributed by atoms with Crippen LogP contribution in [0.1, 0.15) is 72.0 Å². The maximum atomic E-state index is 13.5. The fourth-order valence-corrected chi connectivity index (χ4v) is 5.52. The molecule has 0 aliphatic carbocycles. The Bertz CT molecular complexity index is 1460. The highest BCUT2D eigenvalue weighted by molar-refractivity contribution is 7.10. The van der Waals surface area contributed by atoms with E-state index >= 15 is 0 Å². The summed E-state index contributed by atoms with van der Waals surface area (Å²) in [6.45, 7) is 16.1. The zero-order chi connectivity index (χ0) is 33.4. The molecule has 2 amide bonds. The van der Waals surface area contributed by atoms with Gasteiger partial charge in [0.1, 0.15) is 17.9 Å². The summed E-state index contributed by atoms with van der Waals surface area (Å²) < 4.78 is 38.5. The van der Waals surface area contributed by atoms with Gasteiger partial charge in [-0.25, -0.2) is 4.98 Å². The number of thiazole rings is 1. The predicted molar refractivity (Wildman–Crippen MR) is 169 cm³/mol. The van der Waals surface area contributed by atoms with Crippen LogP contribution < -0.4 is 10.6 Å². The minimum absolute atomic E-state index is 0.0759. The van der Waals surface area contributed by atoms with Gasteiger partial charge >= 0.3 is 6.18 Å². The maximum Gasteiger partial charge on any atom is 0.443 e. The average molecular weight is 653 g/mol. The Balaban J connectivity index is 0.00000104. The first-order chi connectivity index (χ1) is 20.6. The van der Waals surface area contributed by atoms with Crippen molar-refractivity contribution in [3.8, 4) is 6.07 Å². The Morgan fingerprint density at radius 3 is 2.43 bits per heavy atom. The van der Waals surface area contributed by atoms with Gasteiger partial charge < -0.3 is 15.5 Å². The number of aromatic nitrogens is 2. The molecule has 1 aliphatic rings. The standard InChI is InChI=1S/C25H24ClF3N6O2S.C4H10.C2H6/c1-13-21(22(37)33-17(7-30)15-9-31-8-14-5-4-6-16(26)20(14)15)35(12-24(13,2)3)19(36)10-32-18-11-38-23(34-18)25(27,28)29;1-4(2)3;1-2/h4-6,8-9,11,13,17,21,32H,10,12H2,1-3H3,(H,33,37);4H,1-3H3;1-2H3/t13-,17?,21-;;/m0../s1. The summed E-state index contributed by atoms with van der Waals surface area (Å²) in [5.41, 5.74) is -0.00816. The van der Waals surface area contributed by atoms with E-state index in [-0.39, 0.29) is 24.8 Å². The smallest absolute Gasteiger partial charge is 0.360 e. The van der Waals surface area contributed by atoms with Crippen LogP contribution in [-0.2, 0) is 15.8 Å². The molecule has 0 radical (unpaired) electrons. The molecule has 1 fully saturated rings. The Morgan fingerprint density at radius 2 is 1.86 bits per heavy atom. The molecule has 44 heavy (non-hydrogen) atoms. The van der Waals surface area contributed by atoms with Crippen molar-refractivity contribution in [3.05, 3.63) is 51.6 Å². The molecule has 1 aromatic carbocycles. The van der Waals surface area contributed by atoms with Gasteiger partial charge in [0, 0.05) is 45.7 Å². The van der Waals surface area contributed by atoms with Crippen LogP contribution in [-0.4, -0.2) is 45.8 Å². The zero-order valence-corrected chi connectivity index (χ0v) is 27.8. The summed E-state index contributed by atoms with van der Waals surface area (Å²) >= 11 is 6.81. The second-order valence-electron chi connectivity index (χ2n) is 11.5. The van der Waals surface area contributed by atoms with Crippen LogP contribution in [0.15, 0.2) is 36.0 Å². The Morgan fingerprint density at radius 1 is 1.23 bits per heavy atom. The number of rotatable bonds is 6. The van der Waals surface area contributed by atoms with Crippen LogP contribution in [0, 0.1) is 28.6 Å². The van der Waals surface area contributed by atoms with Crippen molar-refractivity contribution >= 4 is 51.3 Å². The second-order valence-corrected chi connectivity index (χ2v) is 12.8. The van der Waals surface area contributed by atoms with Crippen molar-refractivity contribution in [1.29, 1.82) is 5.26 Å². The number of likely N-dealkylation sites (tertiary alicyclic amines) is 1. The fourth-order valence-electron chi connectivity index (χ4n) is 4.58. The second kappa shape index (κ2) is 15.5. The summed E-state index contributed by atoms with van der Waals surface area (Å²) in [4.78, 5) is 35.7. The highest BCUT2D eigenvalue weighted by atomic mass is 35.5. The van der Waals surface area contributed by atoms with Crippen molar-refractivity contribution in [2.75, 3.05) is 18.4 Å². The van der Waals surface area contributed by atoms with Crippen molar-refractivity contribution in [2.45, 2.75) is 73.6 Å². The molecule has 3 heterocycles. The third kappa shape index (κ3) is 9.05. The largest absolute Gasteiger partial charge is 0.443 e. The number of nitriles is 1. The van der Waals surface area contributed by atoms with Gasteiger partial charge in [-0.2, -0.15) is 18.4 Å². The first-order valence-electron chi connectivity index (χ1n) is 14.3. The van der Waals surface area contributed by atoms with Gasteiger partial charge in [0.25, 0.3) is 0 Å². The minimum Gasteiger partial charge on any atom is -0.360 e. The van der Waals surface area contributed by atoms with Gasteiger partial charge in [0.05, 0.1) is 12.6 Å². The van der Waals surface area contributed by atoms with E-state index < -0.39 is 40.5 Å². The lowest BCUT2D eigenvalue weighted by molar-refractivity contribution is -0.138. The Labute approximate surface area is 266 Å². The van der Waals surface area contributed by atoms with E-state index in [4.69, 9.17) is 11.6 Å². The molecule has 2 aromatic heterocycles. The normalized spacial score (nSPS) is 18.0. The first kappa shape index (κ1) is 36.8. The zero-order valence-electron chi connectivity index (χ0n) is 26.2. The van der Waals surface area contributed by atoms with Gasteiger partial charge in [-0.05, 0) is 23.3 Å². The van der Waals surface area contributed by atoms with Crippen molar-refractivity contribution in [3.63, 3.8) is 0 Å². The lowest BCUT2D eigenvalue weighted by Crippen LogP contribution is -2.50. The van der Waals surface area contributed by atoms with Gasteiger partial charge in [-0.3, -0.25) is 14.6 Å². The molecule has 1 saturated heterocycles. The van der Waals surface area contributed by atoms with E-state index in [1.54, 1.807) is 24.4 Å². The maximum absolute atomic E-state index is 13.5. The average Bonchev–Trinajstić information content (AvgIpc) is 3.53. The van der Waals surface area contributed by atoms with Crippen LogP contribution >= 0.6 is 22.9 Å². The summed E-state index contributed by atoms with van der Waals surface area (Å²) in [5, 5.41) is 17.1. The molecule has 2 N–H and O–H groups in total. The van der Waals surface area contributed by atoms with Crippen LogP contribution in [0.25, 0.3) is 10.8 Å². The summed E-state index contributed by atoms with van der Waals surface area (Å²) in [5.74, 6) is -0.531. The lowest BCUT2D eigenvalue weighted by Gasteiger charge is -2.28. The number of hydrogen-bond acceptors (Lipinski definition) is 7. The monoisotopic (exact) mass is 652 g/mol. The lowest BCUT2D eigenvalue weighted by atomic mass is 9.80. The molecule has 3 atom stereocenters. The fraction of sp³-hybridized carbons (Fsp3) is 0.516. The first-order valence-corrected chi connectivity index (χ1v) is 15.6. The van der Waals surface area contributed by atoms with E-state index in [1.807, 2.05) is 34.6 Å². The van der Waals surface area contributed by atoms with Gasteiger partial charge in [-0.1, -0.05) is 79.1 Å². The molecule has 3 aromatic rings. The highest BCUT2D eigenvalue weighted by Crippen LogP contribution is 2.40. The Hall–Kier alpha value is -3.43. The third-order valence-electron chi connectivity index (χ3n) is 6.86. The molecule has 8 nitrogen and oxygen atoms in total. The number of pyridine rings is 1. The van der Waals surface area contributed by atoms with E-state index in [1.165, 1.54) is 16.5 Å². The number of carbonyl (C=O) groups is 2. The molecule has 1 unspecified atom stereocenters. The summed E-state index contributed by atoms with van der Waals surface area (Å²) in [6.07, 6.45) is -1.50. The van der Waals surface area contributed by atoms with E-state index in [9.17, 15) is 28.0 Å². The predicted octanol–water partition coefficient (Wildman–Crippen LogP) is 7.72. The van der Waals surface area contributed by atoms with Crippen LogP contribution in [0.2, 0.25) is 5.02 Å². The number of benzene rings is 1. The van der Waals surface area contributed by atoms with Gasteiger partial charge in [0.2, 0.25) is 11.8 Å². The molecule has 13 heteroatoms. The molecule has 4 rings (SSSR count). The van der Waals surface area contributed by atoms with E-state index in [0.29, 0.717) is 32.7 Å². The number of nitrogens with one attached hydrogen (secondary N) is 2. The van der Waals surface area contributed by atoms with Gasteiger partial charge in [-0.15, -0.1) is 11.3 Å². The van der Waals surface area contributed by atoms with Crippen LogP contribution in [0.3, 0.4) is 0 Å². The molecule has 0 spiro atoms. The number of halogens is 4. The van der Waals surface area contributed by atoms with Crippen molar-refractivity contribution in [1.82, 2.24) is 20.2 Å². The minimum atomic E-state index is -4.58. The molecular weight excluding hydrogens is 613 g/mol. The molecule has 1 aliphatic heterocycles. The molecule has 0 saturated carbocycles. The number of anilines is 1. The topological polar surface area (TPSA) is 111 Å². The molecule has 0 bridgehead atoms. The molecule has 240 valence electrons. The number of amides is 2. The molecular formula is C31H40ClF3N6O2S. The van der Waals surface area contributed by atoms with Crippen LogP contribution in [0.4, 0.5) is 19.0 Å². The Kier molecular flexibility index (Phi) is 13.0. The number of carbonyl (C=O) groups excluding carboxylic acids is 2. The van der Waals surface area contributed by atoms with Crippen molar-refractivity contribution < 1.29 is 22.8 Å².